The van der Waals surface area contributed by atoms with Crippen LogP contribution in [0.5, 0.6) is 0 Å². The number of hydrogen-bond acceptors (Lipinski definition) is 4. The Morgan fingerprint density at radius 3 is 2.17 bits per heavy atom. The summed E-state index contributed by atoms with van der Waals surface area (Å²) in [6, 6.07) is 33.6. The highest BCUT2D eigenvalue weighted by atomic mass is 32.1. The number of nitrogens with zero attached hydrogens (tertiary/aromatic N) is 2. The zero-order chi connectivity index (χ0) is 40.6. The summed E-state index contributed by atoms with van der Waals surface area (Å²) >= 11 is 1.63. The van der Waals surface area contributed by atoms with Gasteiger partial charge in [0.05, 0.1) is 5.69 Å². The zero-order valence-corrected chi connectivity index (χ0v) is 26.0. The first kappa shape index (κ1) is 18.6. The lowest BCUT2D eigenvalue weighted by Crippen LogP contribution is -2.60. The molecule has 228 valence electrons. The Labute approximate surface area is 295 Å². The van der Waals surface area contributed by atoms with Crippen molar-refractivity contribution >= 4 is 89.1 Å². The van der Waals surface area contributed by atoms with Crippen molar-refractivity contribution < 1.29 is 19.5 Å². The highest BCUT2D eigenvalue weighted by Gasteiger charge is 2.47. The number of para-hydroxylation sites is 1. The van der Waals surface area contributed by atoms with Crippen molar-refractivity contribution in [3.05, 3.63) is 126 Å². The third-order valence-corrected chi connectivity index (χ3v) is 10.9. The average Bonchev–Trinajstić information content (AvgIpc) is 3.78. The van der Waals surface area contributed by atoms with Crippen LogP contribution in [0.25, 0.3) is 21.1 Å². The second-order valence-corrected chi connectivity index (χ2v) is 13.4. The van der Waals surface area contributed by atoms with Crippen LogP contribution in [-0.2, 0) is 0 Å². The number of hydrogen-bond donors (Lipinski definition) is 0. The molecule has 0 spiro atoms. The average molecular weight is 638 g/mol. The van der Waals surface area contributed by atoms with Gasteiger partial charge in [0.15, 0.2) is 0 Å². The summed E-state index contributed by atoms with van der Waals surface area (Å²) in [4.78, 5) is 4.19. The van der Waals surface area contributed by atoms with Gasteiger partial charge in [-0.1, -0.05) is 84.9 Å². The summed E-state index contributed by atoms with van der Waals surface area (Å²) in [5.74, 6) is -0.133. The smallest absolute Gasteiger partial charge is 0.269 e. The zero-order valence-electron chi connectivity index (χ0n) is 36.1. The van der Waals surface area contributed by atoms with E-state index < -0.39 is 51.6 Å². The summed E-state index contributed by atoms with van der Waals surface area (Å²) in [5.41, 5.74) is 7.75. The molecule has 4 heterocycles. The van der Waals surface area contributed by atoms with E-state index in [1.54, 1.807) is 47.7 Å². The number of aryl methyl sites for hydroxylation is 2. The number of furan rings is 1. The van der Waals surface area contributed by atoms with Crippen molar-refractivity contribution in [3.8, 4) is 0 Å². The first-order valence-corrected chi connectivity index (χ1v) is 16.6. The lowest BCUT2D eigenvalue weighted by atomic mass is 9.36. The van der Waals surface area contributed by atoms with E-state index in [0.717, 1.165) is 59.6 Å². The van der Waals surface area contributed by atoms with Gasteiger partial charge in [0.25, 0.3) is 6.71 Å². The predicted octanol–water partition coefficient (Wildman–Crippen LogP) is 10.4. The summed E-state index contributed by atoms with van der Waals surface area (Å²) < 4.78 is 100. The van der Waals surface area contributed by atoms with Gasteiger partial charge in [-0.3, -0.25) is 4.90 Å². The maximum absolute atomic E-state index is 8.98. The molecule has 0 saturated heterocycles. The van der Waals surface area contributed by atoms with E-state index in [0.29, 0.717) is 17.0 Å². The van der Waals surface area contributed by atoms with E-state index in [4.69, 9.17) is 19.5 Å². The minimum absolute atomic E-state index is 0.211. The summed E-state index contributed by atoms with van der Waals surface area (Å²) in [6.07, 6.45) is -5.49. The van der Waals surface area contributed by atoms with Gasteiger partial charge in [0.1, 0.15) is 5.58 Å². The van der Waals surface area contributed by atoms with Crippen LogP contribution >= 0.6 is 11.3 Å². The quantitative estimate of drug-likeness (QED) is 0.180. The van der Waals surface area contributed by atoms with Gasteiger partial charge < -0.3 is 9.32 Å². The Morgan fingerprint density at radius 2 is 1.43 bits per heavy atom. The Hall–Kier alpha value is -4.74. The molecular formula is C42H35BN2OS. The van der Waals surface area contributed by atoms with Crippen molar-refractivity contribution in [2.75, 3.05) is 9.80 Å². The normalized spacial score (nSPS) is 28.6. The molecule has 5 aromatic carbocycles. The van der Waals surface area contributed by atoms with Crippen LogP contribution in [0.15, 0.2) is 114 Å². The molecule has 10 rings (SSSR count). The van der Waals surface area contributed by atoms with Gasteiger partial charge in [-0.25, -0.2) is 0 Å². The molecule has 1 aliphatic carbocycles. The molecule has 4 unspecified atom stereocenters. The molecule has 0 N–H and O–H groups in total. The molecule has 7 aromatic rings. The van der Waals surface area contributed by atoms with Gasteiger partial charge in [-0.15, -0.1) is 11.3 Å². The number of benzene rings is 5. The lowest BCUT2D eigenvalue weighted by Gasteiger charge is -2.41. The van der Waals surface area contributed by atoms with E-state index in [-0.39, 0.29) is 17.8 Å². The van der Waals surface area contributed by atoms with Gasteiger partial charge in [-0.05, 0) is 98.0 Å². The minimum atomic E-state index is -2.30. The second-order valence-electron chi connectivity index (χ2n) is 12.3. The van der Waals surface area contributed by atoms with Gasteiger partial charge in [-0.2, -0.15) is 0 Å². The minimum Gasteiger partial charge on any atom is -0.440 e. The van der Waals surface area contributed by atoms with E-state index in [1.807, 2.05) is 77.7 Å². The maximum atomic E-state index is 8.98. The highest BCUT2D eigenvalue weighted by molar-refractivity contribution is 7.34. The maximum Gasteiger partial charge on any atom is 0.269 e. The van der Waals surface area contributed by atoms with Crippen LogP contribution in [-0.4, -0.2) is 6.71 Å². The van der Waals surface area contributed by atoms with Crippen LogP contribution in [0.4, 0.5) is 34.3 Å². The molecule has 3 aliphatic rings. The van der Waals surface area contributed by atoms with Crippen LogP contribution < -0.4 is 25.5 Å². The number of rotatable bonds is 3. The van der Waals surface area contributed by atoms with Crippen molar-refractivity contribution in [3.63, 3.8) is 0 Å². The van der Waals surface area contributed by atoms with Gasteiger partial charge in [0, 0.05) is 63.5 Å². The monoisotopic (exact) mass is 637 g/mol. The molecule has 5 heteroatoms. The van der Waals surface area contributed by atoms with Crippen LogP contribution in [0, 0.1) is 13.7 Å². The first-order valence-electron chi connectivity index (χ1n) is 21.7. The van der Waals surface area contributed by atoms with Crippen molar-refractivity contribution in [1.82, 2.24) is 0 Å². The van der Waals surface area contributed by atoms with E-state index in [9.17, 15) is 0 Å². The summed E-state index contributed by atoms with van der Waals surface area (Å²) in [6.45, 7) is -4.90. The molecule has 2 aliphatic heterocycles. The fraction of sp³-hybridized carbons (Fsp3) is 0.190. The fourth-order valence-corrected chi connectivity index (χ4v) is 8.87. The van der Waals surface area contributed by atoms with E-state index in [1.165, 1.54) is 0 Å². The molecule has 4 atom stereocenters. The third-order valence-electron chi connectivity index (χ3n) is 9.63. The largest absolute Gasteiger partial charge is 0.440 e. The number of fused-ring (bicyclic) bond motifs is 8. The molecular weight excluding hydrogens is 591 g/mol. The number of thiophene rings is 1. The molecule has 0 radical (unpaired) electrons. The lowest BCUT2D eigenvalue weighted by molar-refractivity contribution is 0.444. The van der Waals surface area contributed by atoms with Crippen LogP contribution in [0.3, 0.4) is 0 Å². The molecule has 1 saturated carbocycles. The van der Waals surface area contributed by atoms with Crippen LogP contribution in [0.1, 0.15) is 69.7 Å². The molecule has 3 nitrogen and oxygen atoms in total. The molecule has 0 amide bonds. The molecule has 47 heavy (non-hydrogen) atoms. The Bertz CT molecular complexity index is 2730. The fourth-order valence-electron chi connectivity index (χ4n) is 7.58. The van der Waals surface area contributed by atoms with Crippen LogP contribution in [0.2, 0.25) is 0 Å². The van der Waals surface area contributed by atoms with Crippen molar-refractivity contribution in [1.29, 1.82) is 0 Å². The van der Waals surface area contributed by atoms with E-state index >= 15 is 0 Å². The summed E-state index contributed by atoms with van der Waals surface area (Å²) in [7, 11) is 0. The molecule has 2 aromatic heterocycles. The van der Waals surface area contributed by atoms with Crippen molar-refractivity contribution in [2.45, 2.75) is 51.6 Å². The summed E-state index contributed by atoms with van der Waals surface area (Å²) in [5, 5.41) is 1.79. The molecule has 1 fully saturated rings. The Morgan fingerprint density at radius 1 is 0.723 bits per heavy atom. The topological polar surface area (TPSA) is 19.6 Å². The first-order chi connectivity index (χ1) is 27.6. The van der Waals surface area contributed by atoms with Gasteiger partial charge >= 0.3 is 0 Å². The third kappa shape index (κ3) is 4.05. The van der Waals surface area contributed by atoms with Crippen molar-refractivity contribution in [2.24, 2.45) is 0 Å². The van der Waals surface area contributed by atoms with E-state index in [2.05, 4.69) is 4.90 Å². The SMILES string of the molecule is [2H]C1C([2H])C([2H])C(c2ccc3sc4c(c3c2)N(c2ccc(C([2H])([2H])[2H])cc2)c2cccc3c2B4c2c(oc4ccccc24)N3c2ccc(C([2H])([2H])[2H])cc2)C([2H])C1[2H]. The van der Waals surface area contributed by atoms with Gasteiger partial charge in [0.2, 0.25) is 5.88 Å². The standard InChI is InChI=1S/C42H35BN2OS/c1-26-15-20-30(21-16-26)44-34-12-8-13-35-39(34)43(41-40(44)33-25-29(19-24-37(33)47-41)28-9-4-3-5-10-28)38-32-11-6-7-14-36(32)46-42(38)45(35)31-22-17-27(2)18-23-31/h6-8,11-25,28H,3-5,9-10H2,1-2H3/i1D3,2D3,3D,4D,5D,9D,10D. The Kier molecular flexibility index (Phi) is 4.10. The number of anilines is 6. The molecule has 0 bridgehead atoms. The predicted molar refractivity (Wildman–Crippen MR) is 201 cm³/mol. The second kappa shape index (κ2) is 10.4. The Balaban J connectivity index is 1.25. The highest BCUT2D eigenvalue weighted by Crippen LogP contribution is 2.49.